The normalized spacial score (nSPS) is 20.8. The van der Waals surface area contributed by atoms with Gasteiger partial charge in [0.15, 0.2) is 0 Å². The Labute approximate surface area is 220 Å². The second-order valence-corrected chi connectivity index (χ2v) is 12.5. The van der Waals surface area contributed by atoms with Crippen LogP contribution in [-0.2, 0) is 16.6 Å². The van der Waals surface area contributed by atoms with Crippen molar-refractivity contribution in [2.24, 2.45) is 5.41 Å². The molecule has 1 saturated heterocycles. The third-order valence-electron chi connectivity index (χ3n) is 7.91. The molecule has 5 rings (SSSR count). The quantitative estimate of drug-likeness (QED) is 0.370. The molecule has 8 nitrogen and oxygen atoms in total. The predicted molar refractivity (Wildman–Crippen MR) is 140 cm³/mol. The Morgan fingerprint density at radius 1 is 1.26 bits per heavy atom. The zero-order chi connectivity index (χ0) is 27.5. The van der Waals surface area contributed by atoms with Gasteiger partial charge in [0.1, 0.15) is 5.75 Å². The Kier molecular flexibility index (Phi) is 6.42. The molecule has 11 heteroatoms. The van der Waals surface area contributed by atoms with Crippen molar-refractivity contribution in [1.29, 1.82) is 0 Å². The number of hydrogen-bond donors (Lipinski definition) is 3. The van der Waals surface area contributed by atoms with E-state index in [1.807, 2.05) is 25.3 Å². The summed E-state index contributed by atoms with van der Waals surface area (Å²) in [5.74, 6) is -3.19. The standard InChI is InChI=1S/C27H31F2N3O5S/c1-16-10-23(37-2)20(18-6-8-30-24(16)18)13-32-9-7-26(14-27(28,29)15-26)12-22(32)19-5-4-17(25(33)34)11-21(19)31-38(3,35)36/h4-6,8,10-11,22,30-31H,7,9,12-15H2,1-3H3,(H,33,34)/t22-/m1/s1. The fourth-order valence-corrected chi connectivity index (χ4v) is 6.87. The first-order valence-electron chi connectivity index (χ1n) is 12.4. The SMILES string of the molecule is COc1cc(C)c2[nH]ccc2c1CN1CCC2(C[C@@H]1c1ccc(C(=O)O)cc1NS(C)(=O)=O)CC(F)(F)C2. The summed E-state index contributed by atoms with van der Waals surface area (Å²) in [4.78, 5) is 17.1. The van der Waals surface area contributed by atoms with Crippen molar-refractivity contribution in [1.82, 2.24) is 9.88 Å². The summed E-state index contributed by atoms with van der Waals surface area (Å²) in [5, 5.41) is 10.5. The first kappa shape index (κ1) is 26.4. The number of aromatic carboxylic acids is 1. The largest absolute Gasteiger partial charge is 0.496 e. The number of H-pyrrole nitrogens is 1. The molecule has 0 unspecified atom stereocenters. The van der Waals surface area contributed by atoms with E-state index in [4.69, 9.17) is 4.74 Å². The van der Waals surface area contributed by atoms with Crippen LogP contribution in [0.15, 0.2) is 36.5 Å². The Hall–Kier alpha value is -3.18. The zero-order valence-electron chi connectivity index (χ0n) is 21.5. The number of piperidine rings is 1. The van der Waals surface area contributed by atoms with Gasteiger partial charge in [0.05, 0.1) is 24.6 Å². The van der Waals surface area contributed by atoms with E-state index in [9.17, 15) is 27.1 Å². The average Bonchev–Trinajstić information content (AvgIpc) is 3.30. The van der Waals surface area contributed by atoms with E-state index in [1.54, 1.807) is 13.2 Å². The Balaban J connectivity index is 1.60. The highest BCUT2D eigenvalue weighted by molar-refractivity contribution is 7.92. The molecule has 1 spiro atoms. The molecule has 2 aliphatic rings. The van der Waals surface area contributed by atoms with Crippen LogP contribution in [0, 0.1) is 12.3 Å². The molecule has 1 saturated carbocycles. The topological polar surface area (TPSA) is 112 Å². The van der Waals surface area contributed by atoms with Gasteiger partial charge in [0.25, 0.3) is 0 Å². The lowest BCUT2D eigenvalue weighted by Crippen LogP contribution is -2.53. The smallest absolute Gasteiger partial charge is 0.335 e. The Morgan fingerprint density at radius 2 is 2.00 bits per heavy atom. The maximum Gasteiger partial charge on any atom is 0.335 e. The van der Waals surface area contributed by atoms with Gasteiger partial charge in [-0.1, -0.05) is 6.07 Å². The number of rotatable bonds is 7. The van der Waals surface area contributed by atoms with Crippen LogP contribution in [0.25, 0.3) is 10.9 Å². The molecular weight excluding hydrogens is 516 g/mol. The molecule has 2 fully saturated rings. The van der Waals surface area contributed by atoms with Crippen molar-refractivity contribution in [2.45, 2.75) is 51.1 Å². The number of anilines is 1. The molecule has 3 N–H and O–H groups in total. The molecule has 0 amide bonds. The number of ether oxygens (including phenoxy) is 1. The minimum absolute atomic E-state index is 0.0682. The van der Waals surface area contributed by atoms with Gasteiger partial charge in [0, 0.05) is 48.1 Å². The van der Waals surface area contributed by atoms with Gasteiger partial charge in [-0.25, -0.2) is 22.0 Å². The number of benzene rings is 2. The van der Waals surface area contributed by atoms with Crippen LogP contribution in [0.3, 0.4) is 0 Å². The van der Waals surface area contributed by atoms with Crippen molar-refractivity contribution in [3.8, 4) is 5.75 Å². The number of carboxylic acid groups (broad SMARTS) is 1. The molecular formula is C27H31F2N3O5S. The Bertz CT molecular complexity index is 1510. The van der Waals surface area contributed by atoms with Crippen molar-refractivity contribution in [3.63, 3.8) is 0 Å². The summed E-state index contributed by atoms with van der Waals surface area (Å²) in [7, 11) is -2.13. The van der Waals surface area contributed by atoms with Gasteiger partial charge in [-0.3, -0.25) is 9.62 Å². The van der Waals surface area contributed by atoms with E-state index in [-0.39, 0.29) is 24.1 Å². The molecule has 1 aromatic heterocycles. The van der Waals surface area contributed by atoms with Crippen LogP contribution in [0.2, 0.25) is 0 Å². The fraction of sp³-hybridized carbons (Fsp3) is 0.444. The van der Waals surface area contributed by atoms with E-state index in [2.05, 4.69) is 14.6 Å². The predicted octanol–water partition coefficient (Wildman–Crippen LogP) is 5.31. The van der Waals surface area contributed by atoms with E-state index in [0.29, 0.717) is 37.2 Å². The molecule has 204 valence electrons. The highest BCUT2D eigenvalue weighted by Gasteiger charge is 2.58. The molecule has 2 aromatic carbocycles. The second kappa shape index (κ2) is 9.23. The summed E-state index contributed by atoms with van der Waals surface area (Å²) >= 11 is 0. The monoisotopic (exact) mass is 547 g/mol. The number of sulfonamides is 1. The maximum atomic E-state index is 14.1. The maximum absolute atomic E-state index is 14.1. The van der Waals surface area contributed by atoms with Crippen LogP contribution in [-0.4, -0.2) is 55.2 Å². The van der Waals surface area contributed by atoms with Gasteiger partial charge in [-0.2, -0.15) is 0 Å². The number of methoxy groups -OCH3 is 1. The summed E-state index contributed by atoms with van der Waals surface area (Å²) in [6, 6.07) is 7.83. The number of fused-ring (bicyclic) bond motifs is 1. The number of halogens is 2. The number of likely N-dealkylation sites (tertiary alicyclic amines) is 1. The summed E-state index contributed by atoms with van der Waals surface area (Å²) in [6.45, 7) is 2.94. The third kappa shape index (κ3) is 4.96. The molecule has 38 heavy (non-hydrogen) atoms. The molecule has 1 aliphatic heterocycles. The van der Waals surface area contributed by atoms with E-state index < -0.39 is 33.4 Å². The number of alkyl halides is 2. The molecule has 2 heterocycles. The van der Waals surface area contributed by atoms with Crippen LogP contribution >= 0.6 is 0 Å². The lowest BCUT2D eigenvalue weighted by molar-refractivity contribution is -0.186. The Morgan fingerprint density at radius 3 is 2.63 bits per heavy atom. The van der Waals surface area contributed by atoms with Crippen LogP contribution < -0.4 is 9.46 Å². The molecule has 1 atom stereocenters. The van der Waals surface area contributed by atoms with Crippen molar-refractivity contribution >= 4 is 32.6 Å². The van der Waals surface area contributed by atoms with Crippen molar-refractivity contribution in [2.75, 3.05) is 24.6 Å². The van der Waals surface area contributed by atoms with Crippen LogP contribution in [0.1, 0.15) is 58.8 Å². The number of aromatic nitrogens is 1. The van der Waals surface area contributed by atoms with Crippen LogP contribution in [0.4, 0.5) is 14.5 Å². The lowest BCUT2D eigenvalue weighted by Gasteiger charge is -2.55. The first-order chi connectivity index (χ1) is 17.8. The minimum atomic E-state index is -3.74. The number of hydrogen-bond acceptors (Lipinski definition) is 5. The minimum Gasteiger partial charge on any atom is -0.496 e. The lowest BCUT2D eigenvalue weighted by atomic mass is 9.59. The number of nitrogens with one attached hydrogen (secondary N) is 2. The van der Waals surface area contributed by atoms with Gasteiger partial charge in [-0.15, -0.1) is 0 Å². The zero-order valence-corrected chi connectivity index (χ0v) is 22.3. The third-order valence-corrected chi connectivity index (χ3v) is 8.50. The summed E-state index contributed by atoms with van der Waals surface area (Å²) in [6.07, 6.45) is 3.43. The van der Waals surface area contributed by atoms with Gasteiger partial charge in [0.2, 0.25) is 15.9 Å². The fourth-order valence-electron chi connectivity index (χ4n) is 6.29. The first-order valence-corrected chi connectivity index (χ1v) is 14.3. The van der Waals surface area contributed by atoms with Crippen LogP contribution in [0.5, 0.6) is 5.75 Å². The number of carbonyl (C=O) groups is 1. The molecule has 0 bridgehead atoms. The highest BCUT2D eigenvalue weighted by atomic mass is 32.2. The van der Waals surface area contributed by atoms with Crippen molar-refractivity contribution in [3.05, 3.63) is 58.8 Å². The van der Waals surface area contributed by atoms with E-state index >= 15 is 0 Å². The molecule has 1 aliphatic carbocycles. The van der Waals surface area contributed by atoms with Gasteiger partial charge in [-0.05, 0) is 67.1 Å². The number of carboxylic acids is 1. The average molecular weight is 548 g/mol. The number of aryl methyl sites for hydroxylation is 1. The molecule has 3 aromatic rings. The highest BCUT2D eigenvalue weighted by Crippen LogP contribution is 2.61. The van der Waals surface area contributed by atoms with Gasteiger partial charge >= 0.3 is 5.97 Å². The second-order valence-electron chi connectivity index (χ2n) is 10.8. The number of aromatic amines is 1. The number of nitrogens with zero attached hydrogens (tertiary/aromatic N) is 1. The van der Waals surface area contributed by atoms with Crippen molar-refractivity contribution < 1.29 is 31.8 Å². The van der Waals surface area contributed by atoms with E-state index in [0.717, 1.165) is 28.3 Å². The van der Waals surface area contributed by atoms with E-state index in [1.165, 1.54) is 12.1 Å². The van der Waals surface area contributed by atoms with Gasteiger partial charge < -0.3 is 14.8 Å². The summed E-state index contributed by atoms with van der Waals surface area (Å²) in [5.41, 5.74) is 3.03. The summed E-state index contributed by atoms with van der Waals surface area (Å²) < 4.78 is 60.7. The molecule has 0 radical (unpaired) electrons.